The van der Waals surface area contributed by atoms with Crippen LogP contribution in [0.2, 0.25) is 0 Å². The molecule has 7 heteroatoms. The van der Waals surface area contributed by atoms with Gasteiger partial charge in [0.25, 0.3) is 5.91 Å². The van der Waals surface area contributed by atoms with Crippen LogP contribution in [0, 0.1) is 0 Å². The molecule has 3 rings (SSSR count). The zero-order valence-corrected chi connectivity index (χ0v) is 16.2. The number of methoxy groups -OCH3 is 2. The summed E-state index contributed by atoms with van der Waals surface area (Å²) < 4.78 is 9.97. The highest BCUT2D eigenvalue weighted by molar-refractivity contribution is 5.94. The molecule has 0 aliphatic carbocycles. The molecule has 0 saturated heterocycles. The molecule has 3 aromatic rings. The van der Waals surface area contributed by atoms with Crippen LogP contribution in [0.1, 0.15) is 28.4 Å². The van der Waals surface area contributed by atoms with Gasteiger partial charge in [-0.1, -0.05) is 18.2 Å². The topological polar surface area (TPSA) is 90.4 Å². The van der Waals surface area contributed by atoms with Crippen LogP contribution in [-0.2, 0) is 9.53 Å². The van der Waals surface area contributed by atoms with Gasteiger partial charge in [-0.15, -0.1) is 0 Å². The molecule has 2 heterocycles. The van der Waals surface area contributed by atoms with Crippen molar-refractivity contribution in [3.8, 4) is 17.0 Å². The maximum atomic E-state index is 12.7. The van der Waals surface area contributed by atoms with E-state index in [0.29, 0.717) is 11.1 Å². The second-order valence-electron chi connectivity index (χ2n) is 6.26. The van der Waals surface area contributed by atoms with Gasteiger partial charge in [-0.25, -0.2) is 0 Å². The molecule has 1 atom stereocenters. The fraction of sp³-hybridized carbons (Fsp3) is 0.182. The number of hydrogen-bond acceptors (Lipinski definition) is 6. The van der Waals surface area contributed by atoms with Gasteiger partial charge in [0, 0.05) is 24.2 Å². The lowest BCUT2D eigenvalue weighted by molar-refractivity contribution is -0.141. The van der Waals surface area contributed by atoms with E-state index in [2.05, 4.69) is 15.3 Å². The first-order valence-electron chi connectivity index (χ1n) is 8.99. The Balaban J connectivity index is 1.76. The van der Waals surface area contributed by atoms with E-state index >= 15 is 0 Å². The summed E-state index contributed by atoms with van der Waals surface area (Å²) in [6, 6.07) is 14.0. The highest BCUT2D eigenvalue weighted by Gasteiger charge is 2.20. The second-order valence-corrected chi connectivity index (χ2v) is 6.26. The Hall–Kier alpha value is -3.74. The van der Waals surface area contributed by atoms with E-state index in [0.717, 1.165) is 17.0 Å². The van der Waals surface area contributed by atoms with E-state index in [1.807, 2.05) is 24.3 Å². The van der Waals surface area contributed by atoms with Crippen molar-refractivity contribution in [1.82, 2.24) is 15.3 Å². The van der Waals surface area contributed by atoms with Crippen LogP contribution < -0.4 is 10.1 Å². The molecule has 0 aliphatic heterocycles. The fourth-order valence-electron chi connectivity index (χ4n) is 2.81. The van der Waals surface area contributed by atoms with Gasteiger partial charge in [0.15, 0.2) is 0 Å². The van der Waals surface area contributed by atoms with Crippen molar-refractivity contribution in [2.75, 3.05) is 14.2 Å². The standard InChI is InChI=1S/C22H21N3O4/c1-28-18-7-3-5-15(11-18)19-9-8-17(14-24-19)22(27)25-20(12-21(26)29-2)16-6-4-10-23-13-16/h3-11,13-14,20H,12H2,1-2H3,(H,25,27). The number of ether oxygens (including phenoxy) is 2. The van der Waals surface area contributed by atoms with Crippen molar-refractivity contribution in [3.63, 3.8) is 0 Å². The molecule has 29 heavy (non-hydrogen) atoms. The van der Waals surface area contributed by atoms with Gasteiger partial charge in [0.2, 0.25) is 0 Å². The van der Waals surface area contributed by atoms with Crippen LogP contribution in [0.25, 0.3) is 11.3 Å². The van der Waals surface area contributed by atoms with Gasteiger partial charge in [-0.05, 0) is 35.9 Å². The van der Waals surface area contributed by atoms with Gasteiger partial charge in [-0.3, -0.25) is 19.6 Å². The summed E-state index contributed by atoms with van der Waals surface area (Å²) >= 11 is 0. The minimum atomic E-state index is -0.554. The molecule has 1 aromatic carbocycles. The number of esters is 1. The molecular weight excluding hydrogens is 370 g/mol. The Morgan fingerprint density at radius 1 is 1.07 bits per heavy atom. The average Bonchev–Trinajstić information content (AvgIpc) is 2.79. The zero-order valence-electron chi connectivity index (χ0n) is 16.2. The third kappa shape index (κ3) is 5.16. The van der Waals surface area contributed by atoms with Crippen molar-refractivity contribution < 1.29 is 19.1 Å². The quantitative estimate of drug-likeness (QED) is 0.622. The lowest BCUT2D eigenvalue weighted by Gasteiger charge is -2.18. The van der Waals surface area contributed by atoms with Gasteiger partial charge in [0.05, 0.1) is 37.9 Å². The average molecular weight is 391 g/mol. The molecule has 0 saturated carbocycles. The Morgan fingerprint density at radius 3 is 2.59 bits per heavy atom. The number of pyridine rings is 2. The van der Waals surface area contributed by atoms with E-state index in [1.54, 1.807) is 43.8 Å². The molecule has 7 nitrogen and oxygen atoms in total. The third-order valence-corrected chi connectivity index (χ3v) is 4.38. The molecule has 0 bridgehead atoms. The summed E-state index contributed by atoms with van der Waals surface area (Å²) in [6.07, 6.45) is 4.74. The highest BCUT2D eigenvalue weighted by Crippen LogP contribution is 2.22. The number of amides is 1. The van der Waals surface area contributed by atoms with Crippen molar-refractivity contribution in [3.05, 3.63) is 78.2 Å². The first-order valence-corrected chi connectivity index (χ1v) is 8.99. The summed E-state index contributed by atoms with van der Waals surface area (Å²) in [5, 5.41) is 2.85. The molecule has 148 valence electrons. The number of aromatic nitrogens is 2. The predicted octanol–water partition coefficient (Wildman–Crippen LogP) is 3.19. The number of hydrogen-bond donors (Lipinski definition) is 1. The van der Waals surface area contributed by atoms with Crippen molar-refractivity contribution >= 4 is 11.9 Å². The second kappa shape index (κ2) is 9.45. The van der Waals surface area contributed by atoms with Crippen LogP contribution >= 0.6 is 0 Å². The summed E-state index contributed by atoms with van der Waals surface area (Å²) in [5.74, 6) is -0.0358. The Kier molecular flexibility index (Phi) is 6.52. The van der Waals surface area contributed by atoms with Crippen LogP contribution in [0.3, 0.4) is 0 Å². The fourth-order valence-corrected chi connectivity index (χ4v) is 2.81. The number of carbonyl (C=O) groups excluding carboxylic acids is 2. The monoisotopic (exact) mass is 391 g/mol. The van der Waals surface area contributed by atoms with E-state index in [1.165, 1.54) is 13.3 Å². The van der Waals surface area contributed by atoms with Gasteiger partial charge in [0.1, 0.15) is 5.75 Å². The van der Waals surface area contributed by atoms with E-state index in [4.69, 9.17) is 9.47 Å². The molecule has 1 unspecified atom stereocenters. The molecule has 0 fully saturated rings. The van der Waals surface area contributed by atoms with Gasteiger partial charge in [-0.2, -0.15) is 0 Å². The normalized spacial score (nSPS) is 11.4. The number of nitrogens with zero attached hydrogens (tertiary/aromatic N) is 2. The van der Waals surface area contributed by atoms with Crippen LogP contribution in [0.4, 0.5) is 0 Å². The first kappa shape index (κ1) is 20.0. The Morgan fingerprint density at radius 2 is 1.93 bits per heavy atom. The third-order valence-electron chi connectivity index (χ3n) is 4.38. The molecule has 2 aromatic heterocycles. The summed E-state index contributed by atoms with van der Waals surface area (Å²) in [5.41, 5.74) is 2.71. The molecule has 1 N–H and O–H groups in total. The number of nitrogens with one attached hydrogen (secondary N) is 1. The molecule has 1 amide bonds. The smallest absolute Gasteiger partial charge is 0.307 e. The maximum absolute atomic E-state index is 12.7. The number of rotatable bonds is 7. The SMILES string of the molecule is COC(=O)CC(NC(=O)c1ccc(-c2cccc(OC)c2)nc1)c1cccnc1. The maximum Gasteiger partial charge on any atom is 0.307 e. The van der Waals surface area contributed by atoms with Crippen LogP contribution in [0.15, 0.2) is 67.1 Å². The Bertz CT molecular complexity index is 975. The first-order chi connectivity index (χ1) is 14.1. The minimum Gasteiger partial charge on any atom is -0.497 e. The van der Waals surface area contributed by atoms with E-state index in [-0.39, 0.29) is 12.3 Å². The van der Waals surface area contributed by atoms with Crippen molar-refractivity contribution in [1.29, 1.82) is 0 Å². The molecule has 0 aliphatic rings. The molecular formula is C22H21N3O4. The summed E-state index contributed by atoms with van der Waals surface area (Å²) in [6.45, 7) is 0. The van der Waals surface area contributed by atoms with Crippen molar-refractivity contribution in [2.24, 2.45) is 0 Å². The Labute approximate surface area is 168 Å². The lowest BCUT2D eigenvalue weighted by atomic mass is 10.1. The molecule has 0 radical (unpaired) electrons. The van der Waals surface area contributed by atoms with Gasteiger partial charge < -0.3 is 14.8 Å². The lowest BCUT2D eigenvalue weighted by Crippen LogP contribution is -2.30. The minimum absolute atomic E-state index is 0.00323. The van der Waals surface area contributed by atoms with Crippen LogP contribution in [-0.4, -0.2) is 36.1 Å². The zero-order chi connectivity index (χ0) is 20.6. The highest BCUT2D eigenvalue weighted by atomic mass is 16.5. The van der Waals surface area contributed by atoms with Crippen LogP contribution in [0.5, 0.6) is 5.75 Å². The number of carbonyl (C=O) groups is 2. The van der Waals surface area contributed by atoms with E-state index in [9.17, 15) is 9.59 Å². The van der Waals surface area contributed by atoms with Crippen molar-refractivity contribution in [2.45, 2.75) is 12.5 Å². The molecule has 0 spiro atoms. The predicted molar refractivity (Wildman–Crippen MR) is 107 cm³/mol. The largest absolute Gasteiger partial charge is 0.497 e. The summed E-state index contributed by atoms with van der Waals surface area (Å²) in [7, 11) is 2.92. The van der Waals surface area contributed by atoms with E-state index < -0.39 is 12.0 Å². The summed E-state index contributed by atoms with van der Waals surface area (Å²) in [4.78, 5) is 32.9. The van der Waals surface area contributed by atoms with Gasteiger partial charge >= 0.3 is 5.97 Å². The number of benzene rings is 1.